The van der Waals surface area contributed by atoms with Crippen molar-refractivity contribution < 1.29 is 0 Å². The van der Waals surface area contributed by atoms with Crippen molar-refractivity contribution in [1.29, 1.82) is 0 Å². The van der Waals surface area contributed by atoms with Crippen LogP contribution in [-0.2, 0) is 5.41 Å². The molecule has 9 aromatic carbocycles. The molecule has 57 heavy (non-hydrogen) atoms. The fourth-order valence-corrected chi connectivity index (χ4v) is 11.2. The zero-order valence-electron chi connectivity index (χ0n) is 31.1. The number of thiophene rings is 1. The molecule has 1 atom stereocenters. The van der Waals surface area contributed by atoms with Gasteiger partial charge in [0.2, 0.25) is 0 Å². The van der Waals surface area contributed by atoms with E-state index in [2.05, 4.69) is 217 Å². The first kappa shape index (κ1) is 32.3. The van der Waals surface area contributed by atoms with Gasteiger partial charge in [0.1, 0.15) is 0 Å². The fourth-order valence-electron chi connectivity index (χ4n) is 9.89. The smallest absolute Gasteiger partial charge is 0.0726 e. The largest absolute Gasteiger partial charge is 0.310 e. The molecule has 1 heterocycles. The summed E-state index contributed by atoms with van der Waals surface area (Å²) in [6.07, 6.45) is 0. The Kier molecular flexibility index (Phi) is 7.08. The maximum Gasteiger partial charge on any atom is 0.0726 e. The molecule has 1 nitrogen and oxygen atoms in total. The van der Waals surface area contributed by atoms with Gasteiger partial charge in [-0.2, -0.15) is 0 Å². The molecule has 2 aliphatic carbocycles. The zero-order chi connectivity index (χ0) is 37.5. The van der Waals surface area contributed by atoms with Crippen molar-refractivity contribution >= 4 is 48.6 Å². The average Bonchev–Trinajstić information content (AvgIpc) is 3.91. The van der Waals surface area contributed by atoms with Crippen LogP contribution in [-0.4, -0.2) is 0 Å². The summed E-state index contributed by atoms with van der Waals surface area (Å²) in [4.78, 5) is 2.45. The van der Waals surface area contributed by atoms with Gasteiger partial charge in [0.25, 0.3) is 0 Å². The molecule has 0 bridgehead atoms. The molecule has 266 valence electrons. The van der Waals surface area contributed by atoms with Gasteiger partial charge in [-0.3, -0.25) is 0 Å². The van der Waals surface area contributed by atoms with E-state index in [-0.39, 0.29) is 0 Å². The second-order valence-corrected chi connectivity index (χ2v) is 16.3. The Balaban J connectivity index is 1.13. The van der Waals surface area contributed by atoms with Gasteiger partial charge >= 0.3 is 0 Å². The Hall–Kier alpha value is -7.00. The lowest BCUT2D eigenvalue weighted by molar-refractivity contribution is 0.794. The number of benzene rings is 9. The van der Waals surface area contributed by atoms with Crippen molar-refractivity contribution in [3.05, 3.63) is 235 Å². The van der Waals surface area contributed by atoms with Gasteiger partial charge in [-0.25, -0.2) is 0 Å². The van der Waals surface area contributed by atoms with E-state index in [9.17, 15) is 0 Å². The lowest BCUT2D eigenvalue weighted by atomic mass is 9.70. The van der Waals surface area contributed by atoms with Crippen LogP contribution >= 0.6 is 11.3 Å². The molecule has 0 saturated heterocycles. The molecule has 2 heteroatoms. The Labute approximate surface area is 336 Å². The second-order valence-electron chi connectivity index (χ2n) is 15.2. The molecular weight excluding hydrogens is 707 g/mol. The van der Waals surface area contributed by atoms with Gasteiger partial charge in [0.05, 0.1) is 5.41 Å². The molecule has 0 amide bonds. The van der Waals surface area contributed by atoms with Crippen molar-refractivity contribution in [2.24, 2.45) is 0 Å². The van der Waals surface area contributed by atoms with Crippen molar-refractivity contribution in [2.75, 3.05) is 4.90 Å². The summed E-state index contributed by atoms with van der Waals surface area (Å²) in [6, 6.07) is 78.6. The van der Waals surface area contributed by atoms with Crippen LogP contribution in [0.4, 0.5) is 17.1 Å². The summed E-state index contributed by atoms with van der Waals surface area (Å²) in [6.45, 7) is 0. The number of rotatable bonds is 5. The fraction of sp³-hybridized carbons (Fsp3) is 0.0182. The summed E-state index contributed by atoms with van der Waals surface area (Å²) < 4.78 is 2.71. The topological polar surface area (TPSA) is 3.24 Å². The number of hydrogen-bond acceptors (Lipinski definition) is 2. The minimum atomic E-state index is -0.471. The molecule has 2 aliphatic rings. The molecule has 10 aromatic rings. The van der Waals surface area contributed by atoms with Crippen LogP contribution in [0.3, 0.4) is 0 Å². The standard InChI is InChI=1S/C55H35NS/c1-3-15-36(16-4-1)38-19-13-21-40(33-38)56(41-22-14-20-39(34-41)37-17-5-2-6-18-37)42-29-30-44-43-23-7-10-26-48(43)55(51(44)35-42)49-27-11-8-25-47(49)53-50(55)32-31-46-45-24-9-12-28-52(45)57-54(46)53/h1-35H. The minimum Gasteiger partial charge on any atom is -0.310 e. The Bertz CT molecular complexity index is 3110. The number of fused-ring (bicyclic) bond motifs is 14. The monoisotopic (exact) mass is 741 g/mol. The van der Waals surface area contributed by atoms with E-state index < -0.39 is 5.41 Å². The van der Waals surface area contributed by atoms with Crippen molar-refractivity contribution in [2.45, 2.75) is 5.41 Å². The van der Waals surface area contributed by atoms with Crippen LogP contribution < -0.4 is 4.90 Å². The van der Waals surface area contributed by atoms with E-state index in [1.807, 2.05) is 11.3 Å². The Morgan fingerprint density at radius 1 is 0.333 bits per heavy atom. The molecule has 0 aliphatic heterocycles. The normalized spacial score (nSPS) is 14.7. The van der Waals surface area contributed by atoms with E-state index >= 15 is 0 Å². The third kappa shape index (κ3) is 4.68. The molecular formula is C55H35NS. The molecule has 0 N–H and O–H groups in total. The van der Waals surface area contributed by atoms with E-state index in [1.165, 1.54) is 86.9 Å². The van der Waals surface area contributed by atoms with Gasteiger partial charge < -0.3 is 4.90 Å². The highest BCUT2D eigenvalue weighted by molar-refractivity contribution is 7.26. The molecule has 1 aromatic heterocycles. The summed E-state index contributed by atoms with van der Waals surface area (Å²) in [7, 11) is 0. The van der Waals surface area contributed by atoms with Crippen LogP contribution in [0.2, 0.25) is 0 Å². The second kappa shape index (κ2) is 12.5. The molecule has 0 radical (unpaired) electrons. The number of hydrogen-bond donors (Lipinski definition) is 0. The highest BCUT2D eigenvalue weighted by atomic mass is 32.1. The summed E-state index contributed by atoms with van der Waals surface area (Å²) in [5.74, 6) is 0. The third-order valence-electron chi connectivity index (χ3n) is 12.3. The van der Waals surface area contributed by atoms with Gasteiger partial charge in [-0.05, 0) is 104 Å². The SMILES string of the molecule is c1ccc(-c2cccc(N(c3cccc(-c4ccccc4)c3)c3ccc4c(c3)C3(c5ccccc5-4)c4ccccc4-c4c3ccc3c4sc4ccccc43)c2)cc1. The van der Waals surface area contributed by atoms with Gasteiger partial charge in [-0.15, -0.1) is 11.3 Å². The summed E-state index contributed by atoms with van der Waals surface area (Å²) >= 11 is 1.93. The molecule has 12 rings (SSSR count). The lowest BCUT2D eigenvalue weighted by Crippen LogP contribution is -2.26. The predicted octanol–water partition coefficient (Wildman–Crippen LogP) is 15.2. The molecule has 1 spiro atoms. The van der Waals surface area contributed by atoms with E-state index in [0.717, 1.165) is 17.1 Å². The van der Waals surface area contributed by atoms with E-state index in [0.29, 0.717) is 0 Å². The number of nitrogens with zero attached hydrogens (tertiary/aromatic N) is 1. The molecule has 1 unspecified atom stereocenters. The van der Waals surface area contributed by atoms with Crippen LogP contribution in [0.25, 0.3) is 64.7 Å². The lowest BCUT2D eigenvalue weighted by Gasteiger charge is -2.32. The van der Waals surface area contributed by atoms with E-state index in [4.69, 9.17) is 0 Å². The van der Waals surface area contributed by atoms with Crippen molar-refractivity contribution in [3.8, 4) is 44.5 Å². The van der Waals surface area contributed by atoms with Gasteiger partial charge in [0.15, 0.2) is 0 Å². The first-order chi connectivity index (χ1) is 28.3. The van der Waals surface area contributed by atoms with Crippen LogP contribution in [0.5, 0.6) is 0 Å². The first-order valence-corrected chi connectivity index (χ1v) is 20.5. The maximum atomic E-state index is 2.50. The predicted molar refractivity (Wildman–Crippen MR) is 241 cm³/mol. The quantitative estimate of drug-likeness (QED) is 0.170. The zero-order valence-corrected chi connectivity index (χ0v) is 31.9. The van der Waals surface area contributed by atoms with Gasteiger partial charge in [-0.1, -0.05) is 170 Å². The molecule has 0 fully saturated rings. The number of anilines is 3. The summed E-state index contributed by atoms with van der Waals surface area (Å²) in [5, 5.41) is 2.67. The Morgan fingerprint density at radius 3 is 1.58 bits per heavy atom. The van der Waals surface area contributed by atoms with Crippen molar-refractivity contribution in [3.63, 3.8) is 0 Å². The van der Waals surface area contributed by atoms with Crippen LogP contribution in [0.15, 0.2) is 212 Å². The molecule has 0 saturated carbocycles. The van der Waals surface area contributed by atoms with Gasteiger partial charge in [0, 0.05) is 42.8 Å². The van der Waals surface area contributed by atoms with E-state index in [1.54, 1.807) is 0 Å². The summed E-state index contributed by atoms with van der Waals surface area (Å²) in [5.41, 5.74) is 18.4. The minimum absolute atomic E-state index is 0.471. The van der Waals surface area contributed by atoms with Crippen LogP contribution in [0.1, 0.15) is 22.3 Å². The average molecular weight is 742 g/mol. The highest BCUT2D eigenvalue weighted by Gasteiger charge is 2.52. The maximum absolute atomic E-state index is 2.50. The first-order valence-electron chi connectivity index (χ1n) is 19.7. The van der Waals surface area contributed by atoms with Crippen molar-refractivity contribution in [1.82, 2.24) is 0 Å². The highest BCUT2D eigenvalue weighted by Crippen LogP contribution is 2.65. The Morgan fingerprint density at radius 2 is 0.877 bits per heavy atom. The van der Waals surface area contributed by atoms with Crippen LogP contribution in [0, 0.1) is 0 Å². The third-order valence-corrected chi connectivity index (χ3v) is 13.5.